The van der Waals surface area contributed by atoms with Gasteiger partial charge in [0, 0.05) is 11.1 Å². The Bertz CT molecular complexity index is 2340. The van der Waals surface area contributed by atoms with Crippen LogP contribution in [-0.2, 0) is 9.47 Å². The van der Waals surface area contributed by atoms with E-state index in [1.54, 1.807) is 48.5 Å². The van der Waals surface area contributed by atoms with E-state index in [0.29, 0.717) is 61.5 Å². The molecule has 4 rings (SSSR count). The Balaban J connectivity index is 0.000000421. The van der Waals surface area contributed by atoms with E-state index >= 15 is 0 Å². The number of rotatable bonds is 36. The van der Waals surface area contributed by atoms with Crippen LogP contribution < -0.4 is 18.9 Å². The van der Waals surface area contributed by atoms with Crippen LogP contribution in [-0.4, -0.2) is 51.1 Å². The first kappa shape index (κ1) is 68.6. The third-order valence-corrected chi connectivity index (χ3v) is 13.5. The molecule has 0 N–H and O–H groups in total. The first-order chi connectivity index (χ1) is 38.3. The molecule has 4 aromatic carbocycles. The lowest BCUT2D eigenvalue weighted by atomic mass is 9.97. The van der Waals surface area contributed by atoms with E-state index in [-0.39, 0.29) is 24.0 Å². The van der Waals surface area contributed by atoms with Crippen LogP contribution in [0.1, 0.15) is 182 Å². The molecule has 0 fully saturated rings. The fraction of sp³-hybridized carbons (Fsp3) is 0.581. The summed E-state index contributed by atoms with van der Waals surface area (Å²) in [6.45, 7) is 8.32. The molecule has 2 unspecified atom stereocenters. The quantitative estimate of drug-likeness (QED) is 0.0193. The van der Waals surface area contributed by atoms with Crippen molar-refractivity contribution in [1.82, 2.24) is 0 Å². The van der Waals surface area contributed by atoms with Gasteiger partial charge in [0.15, 0.2) is 23.1 Å². The zero-order chi connectivity index (χ0) is 58.8. The Morgan fingerprint density at radius 1 is 0.375 bits per heavy atom. The standard InChI is InChI=1S/C32H43F5O4.C30H39F5O4/c1-3-5-7-9-10-11-13-22-39-26-17-15-24(16-18-26)27-19-20-28(30(34)29(27)33)41-31(38)40-23-21-25(32(35,36)37)14-12-8-6-4-2;1-3-5-7-9-11-20-37-24-15-13-22(14-16-24)25-17-18-26(28(32)27(25)31)39-29(36)38-21-19-23(30(33,34)35)12-10-8-6-4-2/h15-20,25H,3-14,21-23H2,1-2H3;13-18,23H,3-12,19-21H2,1-2H3. The highest BCUT2D eigenvalue weighted by Crippen LogP contribution is 2.36. The topological polar surface area (TPSA) is 89.5 Å². The summed E-state index contributed by atoms with van der Waals surface area (Å²) in [5, 5.41) is 0. The van der Waals surface area contributed by atoms with E-state index in [4.69, 9.17) is 28.4 Å². The molecule has 0 amide bonds. The van der Waals surface area contributed by atoms with Crippen molar-refractivity contribution >= 4 is 12.3 Å². The summed E-state index contributed by atoms with van der Waals surface area (Å²) in [5.74, 6) is -8.66. The maximum Gasteiger partial charge on any atom is 0.513 e. The van der Waals surface area contributed by atoms with E-state index < -0.39 is 97.3 Å². The molecule has 0 spiro atoms. The second kappa shape index (κ2) is 38.1. The monoisotopic (exact) mass is 1140 g/mol. The minimum atomic E-state index is -4.41. The highest BCUT2D eigenvalue weighted by molar-refractivity contribution is 5.69. The predicted molar refractivity (Wildman–Crippen MR) is 291 cm³/mol. The van der Waals surface area contributed by atoms with Crippen LogP contribution in [0.15, 0.2) is 72.8 Å². The molecule has 0 radical (unpaired) electrons. The lowest BCUT2D eigenvalue weighted by molar-refractivity contribution is -0.181. The summed E-state index contributed by atoms with van der Waals surface area (Å²) in [6, 6.07) is 17.7. The second-order valence-electron chi connectivity index (χ2n) is 19.9. The first-order valence-electron chi connectivity index (χ1n) is 28.6. The molecule has 0 aromatic heterocycles. The van der Waals surface area contributed by atoms with Gasteiger partial charge in [-0.2, -0.15) is 35.1 Å². The highest BCUT2D eigenvalue weighted by Gasteiger charge is 2.40. The minimum absolute atomic E-state index is 0.0436. The fourth-order valence-electron chi connectivity index (χ4n) is 8.66. The van der Waals surface area contributed by atoms with E-state index in [0.717, 1.165) is 63.5 Å². The van der Waals surface area contributed by atoms with Crippen molar-refractivity contribution in [3.05, 3.63) is 96.1 Å². The van der Waals surface area contributed by atoms with Crippen LogP contribution in [0.25, 0.3) is 22.3 Å². The van der Waals surface area contributed by atoms with Gasteiger partial charge in [0.25, 0.3) is 0 Å². The Morgan fingerprint density at radius 3 is 1.01 bits per heavy atom. The lowest BCUT2D eigenvalue weighted by Crippen LogP contribution is -2.25. The molecule has 4 aromatic rings. The number of carbonyl (C=O) groups excluding carboxylic acids is 2. The molecule has 0 bridgehead atoms. The van der Waals surface area contributed by atoms with Crippen molar-refractivity contribution in [3.63, 3.8) is 0 Å². The van der Waals surface area contributed by atoms with Gasteiger partial charge in [-0.15, -0.1) is 0 Å². The van der Waals surface area contributed by atoms with Gasteiger partial charge in [-0.1, -0.05) is 168 Å². The molecular formula is C62H82F10O8. The van der Waals surface area contributed by atoms with Gasteiger partial charge in [-0.3, -0.25) is 0 Å². The summed E-state index contributed by atoms with van der Waals surface area (Å²) in [5.41, 5.74) is 0.706. The Morgan fingerprint density at radius 2 is 0.688 bits per heavy atom. The molecule has 0 aliphatic rings. The molecule has 80 heavy (non-hydrogen) atoms. The maximum absolute atomic E-state index is 14.8. The van der Waals surface area contributed by atoms with Crippen molar-refractivity contribution < 1.29 is 81.9 Å². The third kappa shape index (κ3) is 26.3. The number of hydrogen-bond donors (Lipinski definition) is 0. The van der Waals surface area contributed by atoms with Crippen LogP contribution in [0.5, 0.6) is 23.0 Å². The Labute approximate surface area is 466 Å². The molecule has 0 aliphatic heterocycles. The highest BCUT2D eigenvalue weighted by atomic mass is 19.4. The molecule has 0 heterocycles. The van der Waals surface area contributed by atoms with Crippen LogP contribution >= 0.6 is 0 Å². The van der Waals surface area contributed by atoms with E-state index in [9.17, 15) is 53.5 Å². The third-order valence-electron chi connectivity index (χ3n) is 13.5. The number of benzene rings is 4. The summed E-state index contributed by atoms with van der Waals surface area (Å²) < 4.78 is 169. The SMILES string of the molecule is CCCCCCCCCOc1ccc(-c2ccc(OC(=O)OCCC(CCCCCC)C(F)(F)F)c(F)c2F)cc1.CCCCCCCOc1ccc(-c2ccc(OC(=O)OCCC(CCCCCC)C(F)(F)F)c(F)c2F)cc1. The smallest absolute Gasteiger partial charge is 0.494 e. The van der Waals surface area contributed by atoms with Gasteiger partial charge < -0.3 is 28.4 Å². The largest absolute Gasteiger partial charge is 0.513 e. The minimum Gasteiger partial charge on any atom is -0.494 e. The van der Waals surface area contributed by atoms with Crippen LogP contribution in [0.3, 0.4) is 0 Å². The van der Waals surface area contributed by atoms with Crippen molar-refractivity contribution in [2.75, 3.05) is 26.4 Å². The van der Waals surface area contributed by atoms with E-state index in [1.807, 2.05) is 13.8 Å². The first-order valence-corrected chi connectivity index (χ1v) is 28.6. The zero-order valence-corrected chi connectivity index (χ0v) is 46.9. The van der Waals surface area contributed by atoms with Gasteiger partial charge in [-0.05, 0) is 98.2 Å². The maximum atomic E-state index is 14.8. The zero-order valence-electron chi connectivity index (χ0n) is 46.9. The molecule has 8 nitrogen and oxygen atoms in total. The molecule has 0 saturated carbocycles. The van der Waals surface area contributed by atoms with Gasteiger partial charge in [0.1, 0.15) is 11.5 Å². The number of unbranched alkanes of at least 4 members (excludes halogenated alkanes) is 16. The van der Waals surface area contributed by atoms with Crippen LogP contribution in [0.4, 0.5) is 53.5 Å². The molecule has 18 heteroatoms. The summed E-state index contributed by atoms with van der Waals surface area (Å²) in [6.07, 6.45) is 6.93. The van der Waals surface area contributed by atoms with Crippen LogP contribution in [0.2, 0.25) is 0 Å². The molecule has 0 saturated heterocycles. The number of alkyl halides is 6. The number of ether oxygens (including phenoxy) is 6. The summed E-state index contributed by atoms with van der Waals surface area (Å²) in [7, 11) is 0. The van der Waals surface area contributed by atoms with Crippen molar-refractivity contribution in [3.8, 4) is 45.3 Å². The number of carbonyl (C=O) groups is 2. The van der Waals surface area contributed by atoms with Gasteiger partial charge in [-0.25, -0.2) is 18.4 Å². The average molecular weight is 1150 g/mol. The Hall–Kier alpha value is -5.68. The van der Waals surface area contributed by atoms with Gasteiger partial charge in [0.05, 0.1) is 38.3 Å². The fourth-order valence-corrected chi connectivity index (χ4v) is 8.66. The predicted octanol–water partition coefficient (Wildman–Crippen LogP) is 20.9. The Kier molecular flexibility index (Phi) is 32.7. The normalized spacial score (nSPS) is 12.3. The van der Waals surface area contributed by atoms with E-state index in [2.05, 4.69) is 13.8 Å². The summed E-state index contributed by atoms with van der Waals surface area (Å²) >= 11 is 0. The van der Waals surface area contributed by atoms with Crippen LogP contribution in [0, 0.1) is 35.1 Å². The number of halogens is 10. The van der Waals surface area contributed by atoms with E-state index in [1.165, 1.54) is 63.5 Å². The summed E-state index contributed by atoms with van der Waals surface area (Å²) in [4.78, 5) is 23.9. The molecule has 0 aliphatic carbocycles. The molecule has 448 valence electrons. The average Bonchev–Trinajstić information content (AvgIpc) is 3.43. The second-order valence-corrected chi connectivity index (χ2v) is 19.9. The molecule has 2 atom stereocenters. The van der Waals surface area contributed by atoms with Crippen molar-refractivity contribution in [2.45, 2.75) is 194 Å². The van der Waals surface area contributed by atoms with Gasteiger partial charge >= 0.3 is 24.7 Å². The lowest BCUT2D eigenvalue weighted by Gasteiger charge is -2.20. The molecular weight excluding hydrogens is 1060 g/mol. The van der Waals surface area contributed by atoms with Crippen molar-refractivity contribution in [1.29, 1.82) is 0 Å². The number of hydrogen-bond acceptors (Lipinski definition) is 8. The van der Waals surface area contributed by atoms with Crippen molar-refractivity contribution in [2.24, 2.45) is 11.8 Å². The van der Waals surface area contributed by atoms with Gasteiger partial charge in [0.2, 0.25) is 11.6 Å².